The summed E-state index contributed by atoms with van der Waals surface area (Å²) in [5.74, 6) is 0.414. The van der Waals surface area contributed by atoms with Crippen LogP contribution in [0.5, 0.6) is 0 Å². The molecule has 10 heavy (non-hydrogen) atoms. The lowest BCUT2D eigenvalue weighted by Gasteiger charge is -2.16. The first kappa shape index (κ1) is 7.28. The Morgan fingerprint density at radius 1 is 1.80 bits per heavy atom. The van der Waals surface area contributed by atoms with Crippen molar-refractivity contribution in [2.24, 2.45) is 4.99 Å². The van der Waals surface area contributed by atoms with Crippen LogP contribution in [0.15, 0.2) is 17.6 Å². The predicted octanol–water partition coefficient (Wildman–Crippen LogP) is 0.698. The number of ether oxygens (including phenoxy) is 1. The van der Waals surface area contributed by atoms with E-state index in [-0.39, 0.29) is 0 Å². The minimum atomic E-state index is -0.833. The van der Waals surface area contributed by atoms with Crippen LogP contribution < -0.4 is 0 Å². The van der Waals surface area contributed by atoms with E-state index in [2.05, 4.69) is 11.6 Å². The number of rotatable bonds is 1. The Balaban J connectivity index is 2.80. The highest BCUT2D eigenvalue weighted by molar-refractivity contribution is 5.88. The lowest BCUT2D eigenvalue weighted by Crippen LogP contribution is -2.30. The zero-order chi connectivity index (χ0) is 7.78. The van der Waals surface area contributed by atoms with Crippen molar-refractivity contribution in [2.75, 3.05) is 0 Å². The van der Waals surface area contributed by atoms with Crippen molar-refractivity contribution in [2.45, 2.75) is 25.7 Å². The average molecular weight is 141 g/mol. The maximum Gasteiger partial charge on any atom is 0.224 e. The molecule has 1 heterocycles. The Morgan fingerprint density at radius 2 is 2.40 bits per heavy atom. The quantitative estimate of drug-likeness (QED) is 0.584. The second-order valence-corrected chi connectivity index (χ2v) is 2.78. The highest BCUT2D eigenvalue weighted by Crippen LogP contribution is 2.22. The van der Waals surface area contributed by atoms with Gasteiger partial charge < -0.3 is 9.84 Å². The predicted molar refractivity (Wildman–Crippen MR) is 38.8 cm³/mol. The lowest BCUT2D eigenvalue weighted by atomic mass is 10.1. The van der Waals surface area contributed by atoms with E-state index in [0.717, 1.165) is 0 Å². The van der Waals surface area contributed by atoms with E-state index in [0.29, 0.717) is 5.90 Å². The first-order valence-electron chi connectivity index (χ1n) is 3.13. The molecule has 1 atom stereocenters. The van der Waals surface area contributed by atoms with Crippen molar-refractivity contribution in [1.82, 2.24) is 0 Å². The van der Waals surface area contributed by atoms with Gasteiger partial charge in [-0.25, -0.2) is 4.99 Å². The summed E-state index contributed by atoms with van der Waals surface area (Å²) in [5.41, 5.74) is -0.524. The fraction of sp³-hybridized carbons (Fsp3) is 0.571. The molecule has 1 N–H and O–H groups in total. The summed E-state index contributed by atoms with van der Waals surface area (Å²) in [6.07, 6.45) is 0.651. The molecule has 0 bridgehead atoms. The molecular formula is C7H11NO2. The molecule has 0 aliphatic carbocycles. The van der Waals surface area contributed by atoms with Gasteiger partial charge in [0.2, 0.25) is 12.2 Å². The second kappa shape index (κ2) is 2.09. The molecule has 56 valence electrons. The van der Waals surface area contributed by atoms with Crippen LogP contribution in [-0.4, -0.2) is 22.8 Å². The van der Waals surface area contributed by atoms with Gasteiger partial charge in [0.05, 0.1) is 0 Å². The number of aliphatic imine (C=N–C) groups is 1. The Bertz CT molecular complexity index is 184. The molecular weight excluding hydrogens is 130 g/mol. The molecule has 0 aromatic heterocycles. The third-order valence-corrected chi connectivity index (χ3v) is 1.41. The highest BCUT2D eigenvalue weighted by Gasteiger charge is 2.35. The van der Waals surface area contributed by atoms with Crippen LogP contribution in [0.3, 0.4) is 0 Å². The summed E-state index contributed by atoms with van der Waals surface area (Å²) < 4.78 is 4.91. The maximum absolute atomic E-state index is 9.17. The Labute approximate surface area is 60.0 Å². The van der Waals surface area contributed by atoms with E-state index in [1.165, 1.54) is 6.08 Å². The molecule has 3 heteroatoms. The number of aliphatic hydroxyl groups excluding tert-OH is 1. The van der Waals surface area contributed by atoms with Crippen molar-refractivity contribution in [3.63, 3.8) is 0 Å². The fourth-order valence-electron chi connectivity index (χ4n) is 0.718. The van der Waals surface area contributed by atoms with E-state index in [1.807, 2.05) is 0 Å². The van der Waals surface area contributed by atoms with Crippen LogP contribution in [0.1, 0.15) is 13.8 Å². The Morgan fingerprint density at radius 3 is 2.60 bits per heavy atom. The van der Waals surface area contributed by atoms with E-state index >= 15 is 0 Å². The maximum atomic E-state index is 9.17. The van der Waals surface area contributed by atoms with Gasteiger partial charge in [-0.05, 0) is 19.9 Å². The minimum absolute atomic E-state index is 0.414. The normalized spacial score (nSPS) is 29.1. The van der Waals surface area contributed by atoms with Crippen LogP contribution in [-0.2, 0) is 4.74 Å². The number of hydrogen-bond acceptors (Lipinski definition) is 3. The van der Waals surface area contributed by atoms with Gasteiger partial charge in [-0.3, -0.25) is 0 Å². The first-order valence-corrected chi connectivity index (χ1v) is 3.13. The molecule has 1 aliphatic rings. The van der Waals surface area contributed by atoms with Gasteiger partial charge >= 0.3 is 0 Å². The number of aliphatic hydroxyl groups is 1. The molecule has 0 aromatic rings. The first-order chi connectivity index (χ1) is 4.56. The highest BCUT2D eigenvalue weighted by atomic mass is 16.6. The molecule has 3 nitrogen and oxygen atoms in total. The number of hydrogen-bond donors (Lipinski definition) is 1. The van der Waals surface area contributed by atoms with Gasteiger partial charge in [-0.2, -0.15) is 0 Å². The SMILES string of the molecule is C=CC1=NC(C)(C)C(O)O1. The fourth-order valence-corrected chi connectivity index (χ4v) is 0.718. The molecule has 0 saturated heterocycles. The molecule has 0 spiro atoms. The third kappa shape index (κ3) is 1.04. The molecule has 1 unspecified atom stereocenters. The Kier molecular flexibility index (Phi) is 1.52. The zero-order valence-corrected chi connectivity index (χ0v) is 6.16. The van der Waals surface area contributed by atoms with Gasteiger partial charge in [-0.1, -0.05) is 6.58 Å². The van der Waals surface area contributed by atoms with Gasteiger partial charge in [0.1, 0.15) is 5.54 Å². The summed E-state index contributed by atoms with van der Waals surface area (Å²) in [6, 6.07) is 0. The van der Waals surface area contributed by atoms with E-state index in [1.54, 1.807) is 13.8 Å². The van der Waals surface area contributed by atoms with Crippen LogP contribution in [0.4, 0.5) is 0 Å². The summed E-state index contributed by atoms with van der Waals surface area (Å²) in [6.45, 7) is 7.08. The van der Waals surface area contributed by atoms with Crippen LogP contribution in [0.2, 0.25) is 0 Å². The molecule has 1 rings (SSSR count). The van der Waals surface area contributed by atoms with Gasteiger partial charge in [-0.15, -0.1) is 0 Å². The zero-order valence-electron chi connectivity index (χ0n) is 6.16. The van der Waals surface area contributed by atoms with E-state index in [9.17, 15) is 5.11 Å². The summed E-state index contributed by atoms with van der Waals surface area (Å²) in [5, 5.41) is 9.17. The molecule has 0 radical (unpaired) electrons. The standard InChI is InChI=1S/C7H11NO2/c1-4-5-8-7(2,3)6(9)10-5/h4,6,9H,1H2,2-3H3. The average Bonchev–Trinajstić information content (AvgIpc) is 2.08. The van der Waals surface area contributed by atoms with Gasteiger partial charge in [0, 0.05) is 0 Å². The van der Waals surface area contributed by atoms with Crippen molar-refractivity contribution in [3.8, 4) is 0 Å². The van der Waals surface area contributed by atoms with E-state index in [4.69, 9.17) is 4.74 Å². The van der Waals surface area contributed by atoms with Crippen LogP contribution >= 0.6 is 0 Å². The van der Waals surface area contributed by atoms with Crippen molar-refractivity contribution < 1.29 is 9.84 Å². The lowest BCUT2D eigenvalue weighted by molar-refractivity contribution is -0.0510. The third-order valence-electron chi connectivity index (χ3n) is 1.41. The summed E-state index contributed by atoms with van der Waals surface area (Å²) in [7, 11) is 0. The Hall–Kier alpha value is -0.830. The minimum Gasteiger partial charge on any atom is -0.446 e. The summed E-state index contributed by atoms with van der Waals surface area (Å²) >= 11 is 0. The molecule has 0 fully saturated rings. The number of nitrogens with zero attached hydrogens (tertiary/aromatic N) is 1. The molecule has 0 aromatic carbocycles. The van der Waals surface area contributed by atoms with Gasteiger partial charge in [0.15, 0.2) is 0 Å². The smallest absolute Gasteiger partial charge is 0.224 e. The topological polar surface area (TPSA) is 41.8 Å². The molecule has 0 amide bonds. The largest absolute Gasteiger partial charge is 0.446 e. The van der Waals surface area contributed by atoms with Crippen molar-refractivity contribution in [1.29, 1.82) is 0 Å². The summed E-state index contributed by atoms with van der Waals surface area (Å²) in [4.78, 5) is 4.05. The van der Waals surface area contributed by atoms with Crippen LogP contribution in [0.25, 0.3) is 0 Å². The van der Waals surface area contributed by atoms with Crippen LogP contribution in [0, 0.1) is 0 Å². The van der Waals surface area contributed by atoms with Crippen molar-refractivity contribution >= 4 is 5.90 Å². The van der Waals surface area contributed by atoms with Gasteiger partial charge in [0.25, 0.3) is 0 Å². The molecule has 1 aliphatic heterocycles. The monoisotopic (exact) mass is 141 g/mol. The molecule has 0 saturated carbocycles. The second-order valence-electron chi connectivity index (χ2n) is 2.78. The van der Waals surface area contributed by atoms with Crippen molar-refractivity contribution in [3.05, 3.63) is 12.7 Å². The van der Waals surface area contributed by atoms with E-state index < -0.39 is 11.8 Å².